The van der Waals surface area contributed by atoms with Crippen LogP contribution in [0.1, 0.15) is 34.5 Å². The highest BCUT2D eigenvalue weighted by atomic mass is 79.9. The molecule has 2 N–H and O–H groups in total. The number of nitrogens with two attached hydrogens (primary N) is 1. The van der Waals surface area contributed by atoms with Gasteiger partial charge in [0.05, 0.1) is 15.9 Å². The van der Waals surface area contributed by atoms with Crippen molar-refractivity contribution in [2.24, 2.45) is 12.8 Å². The molecular formula is C13H18BrN3O. The molecule has 2 aromatic rings. The summed E-state index contributed by atoms with van der Waals surface area (Å²) in [5.74, 6) is 1.80. The molecule has 0 aliphatic rings. The number of hydrogen-bond acceptors (Lipinski definition) is 3. The van der Waals surface area contributed by atoms with Gasteiger partial charge in [0, 0.05) is 25.1 Å². The molecule has 0 saturated heterocycles. The predicted octanol–water partition coefficient (Wildman–Crippen LogP) is 2.94. The fraction of sp³-hybridized carbons (Fsp3) is 0.462. The van der Waals surface area contributed by atoms with Gasteiger partial charge in [0.2, 0.25) is 0 Å². The molecule has 0 spiro atoms. The summed E-state index contributed by atoms with van der Waals surface area (Å²) in [5, 5.41) is 4.38. The normalized spacial score (nSPS) is 13.0. The summed E-state index contributed by atoms with van der Waals surface area (Å²) < 4.78 is 8.44. The van der Waals surface area contributed by atoms with Gasteiger partial charge in [-0.1, -0.05) is 0 Å². The maximum atomic E-state index is 6.27. The molecule has 5 heteroatoms. The van der Waals surface area contributed by atoms with E-state index in [9.17, 15) is 0 Å². The molecule has 0 aliphatic heterocycles. The van der Waals surface area contributed by atoms with E-state index in [4.69, 9.17) is 10.2 Å². The van der Waals surface area contributed by atoms with Crippen LogP contribution in [0.15, 0.2) is 15.0 Å². The van der Waals surface area contributed by atoms with E-state index in [-0.39, 0.29) is 6.04 Å². The lowest BCUT2D eigenvalue weighted by atomic mass is 10.0. The largest absolute Gasteiger partial charge is 0.466 e. The summed E-state index contributed by atoms with van der Waals surface area (Å²) in [5.41, 5.74) is 9.43. The van der Waals surface area contributed by atoms with Gasteiger partial charge in [-0.3, -0.25) is 4.68 Å². The van der Waals surface area contributed by atoms with Crippen LogP contribution in [0, 0.1) is 20.8 Å². The first-order valence-corrected chi connectivity index (χ1v) is 6.70. The number of rotatable bonds is 3. The van der Waals surface area contributed by atoms with E-state index in [1.807, 2.05) is 38.6 Å². The minimum absolute atomic E-state index is 0.0754. The van der Waals surface area contributed by atoms with E-state index in [2.05, 4.69) is 21.0 Å². The van der Waals surface area contributed by atoms with Crippen LogP contribution in [-0.4, -0.2) is 9.78 Å². The number of aromatic nitrogens is 2. The Morgan fingerprint density at radius 2 is 2.11 bits per heavy atom. The van der Waals surface area contributed by atoms with Crippen LogP contribution in [0.2, 0.25) is 0 Å². The van der Waals surface area contributed by atoms with Crippen molar-refractivity contribution in [3.8, 4) is 0 Å². The highest BCUT2D eigenvalue weighted by Gasteiger charge is 2.18. The monoisotopic (exact) mass is 311 g/mol. The van der Waals surface area contributed by atoms with Crippen molar-refractivity contribution >= 4 is 15.9 Å². The zero-order valence-electron chi connectivity index (χ0n) is 11.1. The number of halogens is 1. The van der Waals surface area contributed by atoms with Gasteiger partial charge >= 0.3 is 0 Å². The van der Waals surface area contributed by atoms with E-state index >= 15 is 0 Å². The van der Waals surface area contributed by atoms with Gasteiger partial charge in [-0.15, -0.1) is 0 Å². The molecule has 18 heavy (non-hydrogen) atoms. The van der Waals surface area contributed by atoms with Crippen LogP contribution >= 0.6 is 15.9 Å². The van der Waals surface area contributed by atoms with Gasteiger partial charge in [-0.05, 0) is 42.8 Å². The molecule has 1 atom stereocenters. The number of aryl methyl sites for hydroxylation is 4. The molecule has 0 aromatic carbocycles. The molecule has 0 fully saturated rings. The van der Waals surface area contributed by atoms with Crippen molar-refractivity contribution in [2.75, 3.05) is 0 Å². The molecular weight excluding hydrogens is 294 g/mol. The average Bonchev–Trinajstić information content (AvgIpc) is 2.73. The number of nitrogens with zero attached hydrogens (tertiary/aromatic N) is 2. The van der Waals surface area contributed by atoms with Crippen molar-refractivity contribution in [3.63, 3.8) is 0 Å². The van der Waals surface area contributed by atoms with Crippen LogP contribution in [-0.2, 0) is 13.5 Å². The Hall–Kier alpha value is -1.07. The maximum Gasteiger partial charge on any atom is 0.105 e. The molecule has 1 unspecified atom stereocenters. The summed E-state index contributed by atoms with van der Waals surface area (Å²) in [6.45, 7) is 5.87. The summed E-state index contributed by atoms with van der Waals surface area (Å²) in [4.78, 5) is 0. The highest BCUT2D eigenvalue weighted by Crippen LogP contribution is 2.27. The van der Waals surface area contributed by atoms with E-state index in [1.165, 1.54) is 0 Å². The van der Waals surface area contributed by atoms with Gasteiger partial charge in [-0.2, -0.15) is 5.10 Å². The summed E-state index contributed by atoms with van der Waals surface area (Å²) in [6, 6.07) is 1.94. The first kappa shape index (κ1) is 13.4. The van der Waals surface area contributed by atoms with Crippen molar-refractivity contribution < 1.29 is 4.42 Å². The maximum absolute atomic E-state index is 6.27. The minimum Gasteiger partial charge on any atom is -0.466 e. The smallest absolute Gasteiger partial charge is 0.105 e. The lowest BCUT2D eigenvalue weighted by molar-refractivity contribution is 0.496. The lowest BCUT2D eigenvalue weighted by Crippen LogP contribution is -2.16. The molecule has 0 saturated carbocycles. The van der Waals surface area contributed by atoms with Gasteiger partial charge in [0.25, 0.3) is 0 Å². The van der Waals surface area contributed by atoms with Crippen LogP contribution in [0.4, 0.5) is 0 Å². The van der Waals surface area contributed by atoms with E-state index < -0.39 is 0 Å². The van der Waals surface area contributed by atoms with Gasteiger partial charge < -0.3 is 10.2 Å². The fourth-order valence-electron chi connectivity index (χ4n) is 2.24. The Morgan fingerprint density at radius 1 is 1.44 bits per heavy atom. The van der Waals surface area contributed by atoms with E-state index in [1.54, 1.807) is 0 Å². The SMILES string of the molecule is Cc1cc(C(N)Cc2c(Br)c(C)nn2C)c(C)o1. The molecule has 0 aliphatic carbocycles. The molecule has 2 rings (SSSR count). The first-order valence-electron chi connectivity index (χ1n) is 5.90. The van der Waals surface area contributed by atoms with Crippen LogP contribution in [0.5, 0.6) is 0 Å². The lowest BCUT2D eigenvalue weighted by Gasteiger charge is -2.11. The third-order valence-corrected chi connectivity index (χ3v) is 4.19. The quantitative estimate of drug-likeness (QED) is 0.948. The van der Waals surface area contributed by atoms with Gasteiger partial charge in [-0.25, -0.2) is 0 Å². The Balaban J connectivity index is 2.26. The van der Waals surface area contributed by atoms with Crippen molar-refractivity contribution in [1.29, 1.82) is 0 Å². The molecule has 98 valence electrons. The zero-order valence-corrected chi connectivity index (χ0v) is 12.7. The van der Waals surface area contributed by atoms with Crippen LogP contribution < -0.4 is 5.73 Å². The second kappa shape index (κ2) is 4.90. The fourth-order valence-corrected chi connectivity index (χ4v) is 2.74. The topological polar surface area (TPSA) is 57.0 Å². The average molecular weight is 312 g/mol. The third-order valence-electron chi connectivity index (χ3n) is 3.15. The second-order valence-electron chi connectivity index (χ2n) is 4.65. The number of furan rings is 1. The summed E-state index contributed by atoms with van der Waals surface area (Å²) in [7, 11) is 1.94. The van der Waals surface area contributed by atoms with Gasteiger partial charge in [0.15, 0.2) is 0 Å². The molecule has 4 nitrogen and oxygen atoms in total. The second-order valence-corrected chi connectivity index (χ2v) is 5.44. The van der Waals surface area contributed by atoms with E-state index in [0.717, 1.165) is 39.4 Å². The van der Waals surface area contributed by atoms with Crippen LogP contribution in [0.3, 0.4) is 0 Å². The summed E-state index contributed by atoms with van der Waals surface area (Å²) >= 11 is 3.56. The molecule has 0 amide bonds. The van der Waals surface area contributed by atoms with Gasteiger partial charge in [0.1, 0.15) is 11.5 Å². The van der Waals surface area contributed by atoms with Crippen molar-refractivity contribution in [1.82, 2.24) is 9.78 Å². The Kier molecular flexibility index (Phi) is 3.64. The Morgan fingerprint density at radius 3 is 2.56 bits per heavy atom. The van der Waals surface area contributed by atoms with E-state index in [0.29, 0.717) is 0 Å². The third kappa shape index (κ3) is 2.37. The standard InChI is InChI=1S/C13H18BrN3O/c1-7-5-10(9(3)18-7)11(15)6-12-13(14)8(2)16-17(12)4/h5,11H,6,15H2,1-4H3. The predicted molar refractivity (Wildman–Crippen MR) is 74.5 cm³/mol. The molecule has 0 radical (unpaired) electrons. The Bertz CT molecular complexity index is 571. The Labute approximate surface area is 115 Å². The van der Waals surface area contributed by atoms with Crippen molar-refractivity contribution in [3.05, 3.63) is 39.0 Å². The van der Waals surface area contributed by atoms with Crippen molar-refractivity contribution in [2.45, 2.75) is 33.2 Å². The summed E-state index contributed by atoms with van der Waals surface area (Å²) in [6.07, 6.45) is 0.734. The first-order chi connectivity index (χ1) is 8.40. The minimum atomic E-state index is -0.0754. The zero-order chi connectivity index (χ0) is 13.4. The number of hydrogen-bond donors (Lipinski definition) is 1. The molecule has 0 bridgehead atoms. The molecule has 2 heterocycles. The molecule has 2 aromatic heterocycles. The van der Waals surface area contributed by atoms with Crippen LogP contribution in [0.25, 0.3) is 0 Å². The highest BCUT2D eigenvalue weighted by molar-refractivity contribution is 9.10.